The summed E-state index contributed by atoms with van der Waals surface area (Å²) in [5.74, 6) is -2.29. The number of hydrogen-bond donors (Lipinski definition) is 1. The molecule has 2 fully saturated rings. The van der Waals surface area contributed by atoms with E-state index in [2.05, 4.69) is 6.92 Å². The van der Waals surface area contributed by atoms with Gasteiger partial charge in [0.25, 0.3) is 10.0 Å². The maximum Gasteiger partial charge on any atom is 0.421 e. The molecule has 10 heteroatoms. The van der Waals surface area contributed by atoms with Crippen molar-refractivity contribution in [1.29, 1.82) is 0 Å². The maximum absolute atomic E-state index is 12.8. The highest BCUT2D eigenvalue weighted by Crippen LogP contribution is 2.51. The predicted octanol–water partition coefficient (Wildman–Crippen LogP) is 6.06. The van der Waals surface area contributed by atoms with Crippen LogP contribution >= 0.6 is 0 Å². The Hall–Kier alpha value is -1.72. The molecule has 0 bridgehead atoms. The van der Waals surface area contributed by atoms with Gasteiger partial charge in [-0.15, -0.1) is 0 Å². The van der Waals surface area contributed by atoms with Crippen molar-refractivity contribution < 1.29 is 36.9 Å². The summed E-state index contributed by atoms with van der Waals surface area (Å²) < 4.78 is 57.4. The third-order valence-electron chi connectivity index (χ3n) is 7.45. The lowest BCUT2D eigenvalue weighted by Crippen LogP contribution is -2.54. The van der Waals surface area contributed by atoms with Crippen LogP contribution in [0.5, 0.6) is 0 Å². The highest BCUT2D eigenvalue weighted by atomic mass is 32.2. The fourth-order valence-corrected chi connectivity index (χ4v) is 6.20. The third kappa shape index (κ3) is 8.39. The van der Waals surface area contributed by atoms with Gasteiger partial charge in [0.05, 0.1) is 4.90 Å². The number of hydrogen-bond acceptors (Lipinski definition) is 8. The van der Waals surface area contributed by atoms with Crippen LogP contribution in [0.3, 0.4) is 0 Å². The normalized spacial score (nSPS) is 27.8. The molecule has 1 aromatic rings. The lowest BCUT2D eigenvalue weighted by Gasteiger charge is -2.32. The first-order valence-electron chi connectivity index (χ1n) is 14.4. The summed E-state index contributed by atoms with van der Waals surface area (Å²) in [7, 11) is -4.10. The Morgan fingerprint density at radius 3 is 2.13 bits per heavy atom. The Bertz CT molecular complexity index is 1020. The van der Waals surface area contributed by atoms with Crippen LogP contribution in [0.1, 0.15) is 98.8 Å². The van der Waals surface area contributed by atoms with E-state index in [1.165, 1.54) is 63.5 Å². The van der Waals surface area contributed by atoms with Crippen molar-refractivity contribution in [3.63, 3.8) is 0 Å². The molecule has 1 unspecified atom stereocenters. The zero-order valence-corrected chi connectivity index (χ0v) is 25.0. The Morgan fingerprint density at radius 1 is 0.923 bits per heavy atom. The van der Waals surface area contributed by atoms with Crippen LogP contribution in [0.4, 0.5) is 4.79 Å². The number of unbranched alkanes of at least 4 members (excludes halogenated alkanes) is 9. The van der Waals surface area contributed by atoms with Gasteiger partial charge in [-0.2, -0.15) is 0 Å². The third-order valence-corrected chi connectivity index (χ3v) is 8.78. The van der Waals surface area contributed by atoms with Crippen molar-refractivity contribution in [3.05, 3.63) is 30.3 Å². The predicted molar refractivity (Wildman–Crippen MR) is 148 cm³/mol. The van der Waals surface area contributed by atoms with Gasteiger partial charge in [-0.3, -0.25) is 0 Å². The second-order valence-corrected chi connectivity index (χ2v) is 13.0. The van der Waals surface area contributed by atoms with Crippen LogP contribution < -0.4 is 4.72 Å². The summed E-state index contributed by atoms with van der Waals surface area (Å²) in [6.45, 7) is 9.80. The first-order chi connectivity index (χ1) is 18.4. The van der Waals surface area contributed by atoms with Crippen LogP contribution in [0, 0.1) is 0 Å². The molecule has 39 heavy (non-hydrogen) atoms. The molecule has 4 atom stereocenters. The lowest BCUT2D eigenvalue weighted by molar-refractivity contribution is -0.278. The minimum absolute atomic E-state index is 0.0425. The van der Waals surface area contributed by atoms with Gasteiger partial charge in [-0.05, 0) is 46.2 Å². The standard InChI is InChI=1S/C29H47NO8S/c1-6-7-8-9-10-11-12-13-14-18-21-34-22-29-25(36-27(3,4)38-29)28(5,23(2)35-29)37-26(31)30-39(32,33)24-19-16-15-17-20-24/h15-17,19-20,23,25H,6-14,18,21-22H2,1-5H3,(H,30,31)/t23-,25-,28?,29-/m0/s1. The topological polar surface area (TPSA) is 109 Å². The quantitative estimate of drug-likeness (QED) is 0.239. The van der Waals surface area contributed by atoms with E-state index in [1.54, 1.807) is 45.9 Å². The van der Waals surface area contributed by atoms with Gasteiger partial charge in [-0.25, -0.2) is 17.9 Å². The van der Waals surface area contributed by atoms with E-state index in [0.717, 1.165) is 12.8 Å². The molecule has 2 saturated heterocycles. The second-order valence-electron chi connectivity index (χ2n) is 11.3. The molecule has 0 aliphatic carbocycles. The molecule has 2 aliphatic heterocycles. The number of nitrogens with one attached hydrogen (secondary N) is 1. The summed E-state index contributed by atoms with van der Waals surface area (Å²) in [6.07, 6.45) is 9.79. The number of benzene rings is 1. The van der Waals surface area contributed by atoms with Crippen molar-refractivity contribution in [1.82, 2.24) is 4.72 Å². The van der Waals surface area contributed by atoms with Crippen LogP contribution in [-0.4, -0.2) is 57.1 Å². The molecule has 3 rings (SSSR count). The first-order valence-corrected chi connectivity index (χ1v) is 15.9. The molecule has 0 radical (unpaired) electrons. The van der Waals surface area contributed by atoms with Crippen molar-refractivity contribution in [2.24, 2.45) is 0 Å². The monoisotopic (exact) mass is 569 g/mol. The van der Waals surface area contributed by atoms with Crippen LogP contribution in [0.2, 0.25) is 0 Å². The number of rotatable bonds is 16. The van der Waals surface area contributed by atoms with E-state index in [1.807, 2.05) is 4.72 Å². The zero-order valence-electron chi connectivity index (χ0n) is 24.2. The molecule has 222 valence electrons. The second kappa shape index (κ2) is 13.8. The van der Waals surface area contributed by atoms with Crippen molar-refractivity contribution >= 4 is 16.1 Å². The average molecular weight is 570 g/mol. The van der Waals surface area contributed by atoms with E-state index >= 15 is 0 Å². The van der Waals surface area contributed by atoms with Gasteiger partial charge in [0.15, 0.2) is 17.5 Å². The van der Waals surface area contributed by atoms with E-state index in [4.69, 9.17) is 23.7 Å². The number of sulfonamides is 1. The summed E-state index contributed by atoms with van der Waals surface area (Å²) in [4.78, 5) is 12.7. The Morgan fingerprint density at radius 2 is 1.51 bits per heavy atom. The minimum atomic E-state index is -4.10. The van der Waals surface area contributed by atoms with Crippen LogP contribution in [-0.2, 0) is 33.7 Å². The van der Waals surface area contributed by atoms with Crippen LogP contribution in [0.25, 0.3) is 0 Å². The minimum Gasteiger partial charge on any atom is -0.437 e. The van der Waals surface area contributed by atoms with Gasteiger partial charge >= 0.3 is 6.09 Å². The molecule has 9 nitrogen and oxygen atoms in total. The fraction of sp³-hybridized carbons (Fsp3) is 0.759. The van der Waals surface area contributed by atoms with Crippen LogP contribution in [0.15, 0.2) is 35.2 Å². The first kappa shape index (κ1) is 31.8. The van der Waals surface area contributed by atoms with Crippen molar-refractivity contribution in [3.8, 4) is 0 Å². The zero-order chi connectivity index (χ0) is 28.6. The lowest BCUT2D eigenvalue weighted by atomic mass is 9.92. The molecule has 2 heterocycles. The van der Waals surface area contributed by atoms with Crippen molar-refractivity contribution in [2.75, 3.05) is 13.2 Å². The largest absolute Gasteiger partial charge is 0.437 e. The smallest absolute Gasteiger partial charge is 0.421 e. The molecule has 1 aromatic carbocycles. The number of ether oxygens (including phenoxy) is 5. The van der Waals surface area contributed by atoms with Gasteiger partial charge < -0.3 is 23.7 Å². The number of amides is 1. The Labute approximate surface area is 234 Å². The number of carbonyl (C=O) groups is 1. The molecule has 0 spiro atoms. The van der Waals surface area contributed by atoms with Gasteiger partial charge in [0, 0.05) is 6.61 Å². The van der Waals surface area contributed by atoms with Gasteiger partial charge in [-0.1, -0.05) is 82.9 Å². The highest BCUT2D eigenvalue weighted by molar-refractivity contribution is 7.90. The van der Waals surface area contributed by atoms with E-state index < -0.39 is 45.5 Å². The molecule has 0 saturated carbocycles. The van der Waals surface area contributed by atoms with E-state index in [9.17, 15) is 13.2 Å². The van der Waals surface area contributed by atoms with Gasteiger partial charge in [0.1, 0.15) is 12.7 Å². The highest BCUT2D eigenvalue weighted by Gasteiger charge is 2.71. The molecular formula is C29H47NO8S. The van der Waals surface area contributed by atoms with Crippen molar-refractivity contribution in [2.45, 2.75) is 133 Å². The molecule has 1 amide bonds. The average Bonchev–Trinajstić information content (AvgIpc) is 3.24. The SMILES string of the molecule is CCCCCCCCCCCCOC[C@@]12O[C@@H](C)C(C)(OC(=O)NS(=O)(=O)c3ccccc3)[C@@H]1OC(C)(C)O2. The summed E-state index contributed by atoms with van der Waals surface area (Å²) in [5, 5.41) is 0. The van der Waals surface area contributed by atoms with E-state index in [0.29, 0.717) is 6.61 Å². The Balaban J connectivity index is 1.51. The summed E-state index contributed by atoms with van der Waals surface area (Å²) in [5.41, 5.74) is -1.33. The maximum atomic E-state index is 12.8. The van der Waals surface area contributed by atoms with E-state index in [-0.39, 0.29) is 11.5 Å². The summed E-state index contributed by atoms with van der Waals surface area (Å²) in [6, 6.07) is 7.62. The molecule has 2 aliphatic rings. The molecule has 0 aromatic heterocycles. The van der Waals surface area contributed by atoms with Gasteiger partial charge in [0.2, 0.25) is 5.79 Å². The fourth-order valence-electron chi connectivity index (χ4n) is 5.31. The summed E-state index contributed by atoms with van der Waals surface area (Å²) >= 11 is 0. The number of carbonyl (C=O) groups excluding carboxylic acids is 1. The number of fused-ring (bicyclic) bond motifs is 1. The Kier molecular flexibility index (Phi) is 11.2. The molecular weight excluding hydrogens is 522 g/mol. The molecule has 1 N–H and O–H groups in total.